The van der Waals surface area contributed by atoms with Crippen LogP contribution in [0.1, 0.15) is 43.6 Å². The lowest BCUT2D eigenvalue weighted by Gasteiger charge is -2.24. The number of ketones is 1. The Kier molecular flexibility index (Phi) is 10.0. The maximum absolute atomic E-state index is 13.9. The zero-order valence-electron chi connectivity index (χ0n) is 26.5. The molecule has 2 fully saturated rings. The van der Waals surface area contributed by atoms with Crippen LogP contribution in [-0.4, -0.2) is 85.4 Å². The van der Waals surface area contributed by atoms with E-state index in [1.54, 1.807) is 32.0 Å². The fourth-order valence-corrected chi connectivity index (χ4v) is 4.99. The zero-order chi connectivity index (χ0) is 33.9. The molecular weight excluding hydrogens is 602 g/mol. The van der Waals surface area contributed by atoms with Gasteiger partial charge in [-0.05, 0) is 49.2 Å². The van der Waals surface area contributed by atoms with Gasteiger partial charge in [-0.25, -0.2) is 4.79 Å². The van der Waals surface area contributed by atoms with Crippen LogP contribution in [0.5, 0.6) is 5.75 Å². The number of esters is 2. The van der Waals surface area contributed by atoms with Gasteiger partial charge in [-0.2, -0.15) is 0 Å². The SMILES string of the molecule is CO/C=C(\NC(=O)/C(NC(=O)C(OC(=O)c1cc(OC)cc2c(C)cccc12)C1(C)CO1)=C1\N[C@@H](C)[C@@H](O)[C@@H]1OC(C)=O)C(C)=O. The third-order valence-corrected chi connectivity index (χ3v) is 7.65. The summed E-state index contributed by atoms with van der Waals surface area (Å²) in [7, 11) is 2.73. The average Bonchev–Trinajstić information content (AvgIpc) is 3.70. The predicted octanol–water partition coefficient (Wildman–Crippen LogP) is 1.28. The molecule has 0 bridgehead atoms. The molecule has 0 aliphatic carbocycles. The second-order valence-electron chi connectivity index (χ2n) is 11.2. The molecule has 14 heteroatoms. The summed E-state index contributed by atoms with van der Waals surface area (Å²) in [6, 6.07) is 7.96. The van der Waals surface area contributed by atoms with Crippen molar-refractivity contribution in [3.05, 3.63) is 64.8 Å². The van der Waals surface area contributed by atoms with E-state index in [1.807, 2.05) is 13.0 Å². The standard InChI is InChI=1S/C32H37N3O11/c1-15-9-8-10-20-21(15)11-19(43-7)12-22(20)31(41)46-28(32(5)14-44-32)30(40)35-25(29(39)34-23(13-42-6)17(3)36)24-27(45-18(4)37)26(38)16(2)33-24/h8-13,16,26-28,33,38H,14H2,1-7H3,(H,34,39)(H,35,40)/b23-13-,25-24+/t16-,26+,27+,28?,32?/m0/s1. The number of aliphatic hydroxyl groups excluding tert-OH is 1. The third kappa shape index (κ3) is 7.13. The van der Waals surface area contributed by atoms with E-state index in [9.17, 15) is 29.1 Å². The van der Waals surface area contributed by atoms with E-state index in [2.05, 4.69) is 16.0 Å². The van der Waals surface area contributed by atoms with Gasteiger partial charge in [0.15, 0.2) is 11.9 Å². The van der Waals surface area contributed by atoms with Crippen LogP contribution >= 0.6 is 0 Å². The lowest BCUT2D eigenvalue weighted by Crippen LogP contribution is -2.49. The first-order valence-electron chi connectivity index (χ1n) is 14.3. The Hall–Kier alpha value is -4.95. The van der Waals surface area contributed by atoms with Crippen molar-refractivity contribution in [1.29, 1.82) is 0 Å². The molecule has 4 rings (SSSR count). The highest BCUT2D eigenvalue weighted by Crippen LogP contribution is 2.35. The molecule has 0 aromatic heterocycles. The van der Waals surface area contributed by atoms with Gasteiger partial charge in [0, 0.05) is 13.8 Å². The van der Waals surface area contributed by atoms with Crippen LogP contribution < -0.4 is 20.7 Å². The van der Waals surface area contributed by atoms with Crippen LogP contribution in [0, 0.1) is 6.92 Å². The number of Topliss-reactive ketones (excluding diaryl/α,β-unsaturated/α-hetero) is 1. The molecule has 2 saturated heterocycles. The van der Waals surface area contributed by atoms with Gasteiger partial charge in [0.25, 0.3) is 11.8 Å². The summed E-state index contributed by atoms with van der Waals surface area (Å²) in [5.41, 5.74) is -1.14. The smallest absolute Gasteiger partial charge is 0.339 e. The van der Waals surface area contributed by atoms with Gasteiger partial charge < -0.3 is 44.7 Å². The summed E-state index contributed by atoms with van der Waals surface area (Å²) >= 11 is 0. The number of carbonyl (C=O) groups is 5. The van der Waals surface area contributed by atoms with Crippen molar-refractivity contribution in [1.82, 2.24) is 16.0 Å². The Morgan fingerprint density at radius 1 is 1.11 bits per heavy atom. The Morgan fingerprint density at radius 2 is 1.80 bits per heavy atom. The van der Waals surface area contributed by atoms with E-state index in [1.165, 1.54) is 27.2 Å². The fourth-order valence-electron chi connectivity index (χ4n) is 4.99. The number of hydrogen-bond donors (Lipinski definition) is 4. The molecule has 2 aliphatic rings. The van der Waals surface area contributed by atoms with Crippen LogP contribution in [-0.2, 0) is 38.1 Å². The third-order valence-electron chi connectivity index (χ3n) is 7.65. The number of hydrogen-bond acceptors (Lipinski definition) is 12. The summed E-state index contributed by atoms with van der Waals surface area (Å²) in [5, 5.41) is 19.7. The van der Waals surface area contributed by atoms with Crippen LogP contribution in [0.3, 0.4) is 0 Å². The molecule has 14 nitrogen and oxygen atoms in total. The normalized spacial score (nSPS) is 23.8. The fraction of sp³-hybridized carbons (Fsp3) is 0.406. The molecule has 0 radical (unpaired) electrons. The molecule has 2 aliphatic heterocycles. The molecule has 2 aromatic rings. The summed E-state index contributed by atoms with van der Waals surface area (Å²) in [4.78, 5) is 65.3. The zero-order valence-corrected chi connectivity index (χ0v) is 26.5. The van der Waals surface area contributed by atoms with Gasteiger partial charge >= 0.3 is 11.9 Å². The molecule has 2 aromatic carbocycles. The van der Waals surface area contributed by atoms with Crippen molar-refractivity contribution in [2.24, 2.45) is 0 Å². The van der Waals surface area contributed by atoms with E-state index in [0.29, 0.717) is 11.1 Å². The Balaban J connectivity index is 1.74. The van der Waals surface area contributed by atoms with Crippen molar-refractivity contribution in [2.45, 2.75) is 64.6 Å². The quantitative estimate of drug-likeness (QED) is 0.119. The van der Waals surface area contributed by atoms with E-state index in [4.69, 9.17) is 23.7 Å². The minimum absolute atomic E-state index is 0.0591. The maximum Gasteiger partial charge on any atom is 0.339 e. The largest absolute Gasteiger partial charge is 0.502 e. The molecule has 46 heavy (non-hydrogen) atoms. The van der Waals surface area contributed by atoms with Crippen molar-refractivity contribution in [3.8, 4) is 5.75 Å². The van der Waals surface area contributed by atoms with Crippen molar-refractivity contribution >= 4 is 40.3 Å². The van der Waals surface area contributed by atoms with Gasteiger partial charge in [-0.1, -0.05) is 18.2 Å². The lowest BCUT2D eigenvalue weighted by atomic mass is 9.99. The van der Waals surface area contributed by atoms with Crippen LogP contribution in [0.15, 0.2) is 53.7 Å². The Bertz CT molecular complexity index is 1640. The molecule has 2 heterocycles. The lowest BCUT2D eigenvalue weighted by molar-refractivity contribution is -0.148. The Morgan fingerprint density at radius 3 is 2.39 bits per heavy atom. The summed E-state index contributed by atoms with van der Waals surface area (Å²) in [5.74, 6) is -3.77. The number of aryl methyl sites for hydroxylation is 1. The van der Waals surface area contributed by atoms with Crippen LogP contribution in [0.2, 0.25) is 0 Å². The number of fused-ring (bicyclic) bond motifs is 1. The molecule has 2 amide bonds. The number of benzene rings is 2. The minimum atomic E-state index is -1.58. The molecule has 0 spiro atoms. The summed E-state index contributed by atoms with van der Waals surface area (Å²) in [6.45, 7) is 7.36. The van der Waals surface area contributed by atoms with E-state index < -0.39 is 65.2 Å². The number of amides is 2. The van der Waals surface area contributed by atoms with Crippen LogP contribution in [0.25, 0.3) is 10.8 Å². The number of methoxy groups -OCH3 is 2. The highest BCUT2D eigenvalue weighted by molar-refractivity contribution is 6.08. The van der Waals surface area contributed by atoms with E-state index in [-0.39, 0.29) is 23.6 Å². The molecule has 246 valence electrons. The molecule has 2 unspecified atom stereocenters. The minimum Gasteiger partial charge on any atom is -0.502 e. The molecular formula is C32H37N3O11. The molecule has 5 atom stereocenters. The first-order chi connectivity index (χ1) is 21.7. The number of rotatable bonds is 11. The number of carbonyl (C=O) groups excluding carboxylic acids is 5. The molecule has 4 N–H and O–H groups in total. The van der Waals surface area contributed by atoms with E-state index >= 15 is 0 Å². The van der Waals surface area contributed by atoms with Crippen LogP contribution in [0.4, 0.5) is 0 Å². The Labute approximate surface area is 265 Å². The first kappa shape index (κ1) is 33.9. The van der Waals surface area contributed by atoms with Gasteiger partial charge in [-0.3, -0.25) is 19.2 Å². The van der Waals surface area contributed by atoms with Crippen molar-refractivity contribution in [2.75, 3.05) is 20.8 Å². The first-order valence-corrected chi connectivity index (χ1v) is 14.3. The van der Waals surface area contributed by atoms with Crippen molar-refractivity contribution in [3.63, 3.8) is 0 Å². The highest BCUT2D eigenvalue weighted by Gasteiger charge is 2.54. The molecule has 0 saturated carbocycles. The predicted molar refractivity (Wildman–Crippen MR) is 162 cm³/mol. The topological polar surface area (TPSA) is 191 Å². The number of ether oxygens (including phenoxy) is 5. The average molecular weight is 640 g/mol. The van der Waals surface area contributed by atoms with Gasteiger partial charge in [0.05, 0.1) is 38.1 Å². The van der Waals surface area contributed by atoms with Gasteiger partial charge in [-0.15, -0.1) is 0 Å². The number of allylic oxidation sites excluding steroid dienone is 1. The van der Waals surface area contributed by atoms with Gasteiger partial charge in [0.1, 0.15) is 35.1 Å². The number of nitrogens with one attached hydrogen (secondary N) is 3. The maximum atomic E-state index is 13.9. The number of aliphatic hydroxyl groups is 1. The number of epoxide rings is 1. The van der Waals surface area contributed by atoms with Crippen molar-refractivity contribution < 1.29 is 52.8 Å². The van der Waals surface area contributed by atoms with E-state index in [0.717, 1.165) is 24.1 Å². The monoisotopic (exact) mass is 639 g/mol. The summed E-state index contributed by atoms with van der Waals surface area (Å²) in [6.07, 6.45) is -3.27. The highest BCUT2D eigenvalue weighted by atomic mass is 16.6. The second kappa shape index (κ2) is 13.6. The summed E-state index contributed by atoms with van der Waals surface area (Å²) < 4.78 is 26.8. The van der Waals surface area contributed by atoms with Gasteiger partial charge in [0.2, 0.25) is 6.10 Å². The second-order valence-corrected chi connectivity index (χ2v) is 11.2.